The van der Waals surface area contributed by atoms with Gasteiger partial charge in [0.1, 0.15) is 12.3 Å². The van der Waals surface area contributed by atoms with Crippen LogP contribution in [-0.2, 0) is 9.59 Å². The minimum atomic E-state index is -1.08. The molecule has 0 aromatic heterocycles. The van der Waals surface area contributed by atoms with Crippen LogP contribution in [-0.4, -0.2) is 40.6 Å². The number of carbonyl (C=O) groups excluding carboxylic acids is 1. The number of carboxylic acids is 1. The molecule has 0 aliphatic carbocycles. The van der Waals surface area contributed by atoms with E-state index in [0.29, 0.717) is 5.69 Å². The third-order valence-corrected chi connectivity index (χ3v) is 2.56. The van der Waals surface area contributed by atoms with E-state index in [0.717, 1.165) is 0 Å². The lowest BCUT2D eigenvalue weighted by Crippen LogP contribution is -2.36. The summed E-state index contributed by atoms with van der Waals surface area (Å²) in [6.45, 7) is -0.385. The van der Waals surface area contributed by atoms with Gasteiger partial charge in [0.05, 0.1) is 5.75 Å². The molecule has 1 aromatic rings. The molecule has 0 aliphatic heterocycles. The van der Waals surface area contributed by atoms with E-state index in [9.17, 15) is 9.59 Å². The molecule has 17 heavy (non-hydrogen) atoms. The minimum Gasteiger partial charge on any atom is -0.508 e. The van der Waals surface area contributed by atoms with Gasteiger partial charge in [-0.2, -0.15) is 11.8 Å². The van der Waals surface area contributed by atoms with Crippen LogP contribution in [0.1, 0.15) is 0 Å². The number of rotatable bonds is 5. The summed E-state index contributed by atoms with van der Waals surface area (Å²) in [7, 11) is 0. The fourth-order valence-corrected chi connectivity index (χ4v) is 1.70. The molecule has 0 saturated heterocycles. The third-order valence-electron chi connectivity index (χ3n) is 2.02. The maximum absolute atomic E-state index is 11.7. The lowest BCUT2D eigenvalue weighted by Gasteiger charge is -2.20. The van der Waals surface area contributed by atoms with Crippen LogP contribution in [0.3, 0.4) is 0 Å². The molecule has 0 radical (unpaired) electrons. The highest BCUT2D eigenvalue weighted by molar-refractivity contribution is 7.99. The van der Waals surface area contributed by atoms with Crippen molar-refractivity contribution in [3.63, 3.8) is 0 Å². The summed E-state index contributed by atoms with van der Waals surface area (Å²) in [5.41, 5.74) is 0.462. The van der Waals surface area contributed by atoms with Crippen molar-refractivity contribution in [2.24, 2.45) is 0 Å². The highest BCUT2D eigenvalue weighted by Gasteiger charge is 2.18. The van der Waals surface area contributed by atoms with E-state index in [1.54, 1.807) is 6.26 Å². The number of aliphatic carboxylic acids is 1. The van der Waals surface area contributed by atoms with E-state index >= 15 is 0 Å². The van der Waals surface area contributed by atoms with Crippen LogP contribution in [0.2, 0.25) is 0 Å². The molecule has 5 nitrogen and oxygen atoms in total. The maximum atomic E-state index is 11.7. The first-order valence-electron chi connectivity index (χ1n) is 4.84. The number of aromatic hydroxyl groups is 1. The minimum absolute atomic E-state index is 0.0707. The van der Waals surface area contributed by atoms with E-state index in [4.69, 9.17) is 10.2 Å². The Bertz CT molecular complexity index is 404. The maximum Gasteiger partial charge on any atom is 0.323 e. The number of hydrogen-bond donors (Lipinski definition) is 2. The molecule has 0 saturated carbocycles. The summed E-state index contributed by atoms with van der Waals surface area (Å²) >= 11 is 1.33. The first-order valence-corrected chi connectivity index (χ1v) is 6.24. The Balaban J connectivity index is 2.92. The zero-order valence-electron chi connectivity index (χ0n) is 9.29. The lowest BCUT2D eigenvalue weighted by molar-refractivity contribution is -0.136. The molecule has 0 atom stereocenters. The highest BCUT2D eigenvalue weighted by atomic mass is 32.2. The molecule has 0 unspecified atom stereocenters. The first kappa shape index (κ1) is 13.4. The second-order valence-electron chi connectivity index (χ2n) is 3.32. The average molecular weight is 255 g/mol. The number of carbonyl (C=O) groups is 2. The summed E-state index contributed by atoms with van der Waals surface area (Å²) in [6.07, 6.45) is 1.77. The Morgan fingerprint density at radius 1 is 1.29 bits per heavy atom. The molecule has 1 amide bonds. The van der Waals surface area contributed by atoms with Crippen molar-refractivity contribution < 1.29 is 19.8 Å². The van der Waals surface area contributed by atoms with Gasteiger partial charge < -0.3 is 15.1 Å². The van der Waals surface area contributed by atoms with E-state index in [1.807, 2.05) is 0 Å². The molecule has 0 spiro atoms. The van der Waals surface area contributed by atoms with Gasteiger partial charge in [0.25, 0.3) is 0 Å². The SMILES string of the molecule is CSCC(=O)N(CC(=O)O)c1ccc(O)cc1. The first-order chi connectivity index (χ1) is 8.04. The number of phenolic OH excluding ortho intramolecular Hbond substituents is 1. The predicted octanol–water partition coefficient (Wildman–Crippen LogP) is 1.17. The number of amides is 1. The number of thioether (sulfide) groups is 1. The van der Waals surface area contributed by atoms with E-state index in [2.05, 4.69) is 0 Å². The van der Waals surface area contributed by atoms with Crippen LogP contribution in [0.4, 0.5) is 5.69 Å². The quantitative estimate of drug-likeness (QED) is 0.826. The lowest BCUT2D eigenvalue weighted by atomic mass is 10.2. The Hall–Kier alpha value is -1.69. The highest BCUT2D eigenvalue weighted by Crippen LogP contribution is 2.19. The van der Waals surface area contributed by atoms with Gasteiger partial charge in [0.15, 0.2) is 0 Å². The van der Waals surface area contributed by atoms with Gasteiger partial charge in [-0.1, -0.05) is 0 Å². The summed E-state index contributed by atoms with van der Waals surface area (Å²) in [5.74, 6) is -1.06. The van der Waals surface area contributed by atoms with Gasteiger partial charge in [-0.05, 0) is 30.5 Å². The number of benzene rings is 1. The molecular weight excluding hydrogens is 242 g/mol. The van der Waals surface area contributed by atoms with Crippen LogP contribution >= 0.6 is 11.8 Å². The second kappa shape index (κ2) is 6.15. The predicted molar refractivity (Wildman–Crippen MR) is 66.5 cm³/mol. The Morgan fingerprint density at radius 2 is 1.88 bits per heavy atom. The van der Waals surface area contributed by atoms with Crippen molar-refractivity contribution in [2.75, 3.05) is 23.5 Å². The smallest absolute Gasteiger partial charge is 0.323 e. The summed E-state index contributed by atoms with van der Waals surface area (Å²) < 4.78 is 0. The van der Waals surface area contributed by atoms with Crippen molar-refractivity contribution in [3.8, 4) is 5.75 Å². The largest absolute Gasteiger partial charge is 0.508 e. The summed E-state index contributed by atoms with van der Waals surface area (Å²) in [6, 6.07) is 5.85. The molecule has 6 heteroatoms. The topological polar surface area (TPSA) is 77.8 Å². The number of nitrogens with zero attached hydrogens (tertiary/aromatic N) is 1. The molecule has 0 aliphatic rings. The molecule has 0 heterocycles. The van der Waals surface area contributed by atoms with E-state index in [-0.39, 0.29) is 24.0 Å². The van der Waals surface area contributed by atoms with Crippen LogP contribution in [0.15, 0.2) is 24.3 Å². The van der Waals surface area contributed by atoms with Crippen molar-refractivity contribution in [2.45, 2.75) is 0 Å². The Kier molecular flexibility index (Phi) is 4.84. The van der Waals surface area contributed by atoms with E-state index < -0.39 is 5.97 Å². The molecule has 1 aromatic carbocycles. The van der Waals surface area contributed by atoms with Gasteiger partial charge in [0, 0.05) is 5.69 Å². The van der Waals surface area contributed by atoms with Gasteiger partial charge in [-0.3, -0.25) is 9.59 Å². The second-order valence-corrected chi connectivity index (χ2v) is 4.19. The molecular formula is C11H13NO4S. The molecule has 0 bridgehead atoms. The van der Waals surface area contributed by atoms with Crippen molar-refractivity contribution in [1.29, 1.82) is 0 Å². The normalized spacial score (nSPS) is 9.94. The van der Waals surface area contributed by atoms with Crippen LogP contribution < -0.4 is 4.90 Å². The van der Waals surface area contributed by atoms with Gasteiger partial charge in [0.2, 0.25) is 5.91 Å². The van der Waals surface area contributed by atoms with Gasteiger partial charge in [-0.25, -0.2) is 0 Å². The fraction of sp³-hybridized carbons (Fsp3) is 0.273. The number of hydrogen-bond acceptors (Lipinski definition) is 4. The van der Waals surface area contributed by atoms with Crippen molar-refractivity contribution in [1.82, 2.24) is 0 Å². The summed E-state index contributed by atoms with van der Waals surface area (Å²) in [4.78, 5) is 23.6. The zero-order valence-corrected chi connectivity index (χ0v) is 10.1. The Morgan fingerprint density at radius 3 is 2.35 bits per heavy atom. The molecule has 1 rings (SSSR count). The number of phenols is 1. The standard InChI is InChI=1S/C11H13NO4S/c1-17-7-10(14)12(6-11(15)16)8-2-4-9(13)5-3-8/h2-5,13H,6-7H2,1H3,(H,15,16). The Labute approximate surface area is 103 Å². The summed E-state index contributed by atoms with van der Waals surface area (Å²) in [5, 5.41) is 17.9. The molecule has 92 valence electrons. The van der Waals surface area contributed by atoms with Crippen molar-refractivity contribution >= 4 is 29.3 Å². The van der Waals surface area contributed by atoms with E-state index in [1.165, 1.54) is 40.9 Å². The van der Waals surface area contributed by atoms with Crippen LogP contribution in [0.25, 0.3) is 0 Å². The average Bonchev–Trinajstić information content (AvgIpc) is 2.27. The molecule has 0 fully saturated rings. The van der Waals surface area contributed by atoms with Crippen LogP contribution in [0.5, 0.6) is 5.75 Å². The van der Waals surface area contributed by atoms with Gasteiger partial charge >= 0.3 is 5.97 Å². The van der Waals surface area contributed by atoms with Crippen LogP contribution in [0, 0.1) is 0 Å². The monoisotopic (exact) mass is 255 g/mol. The van der Waals surface area contributed by atoms with Crippen molar-refractivity contribution in [3.05, 3.63) is 24.3 Å². The molecule has 2 N–H and O–H groups in total. The van der Waals surface area contributed by atoms with Gasteiger partial charge in [-0.15, -0.1) is 0 Å². The fourth-order valence-electron chi connectivity index (χ4n) is 1.29. The number of anilines is 1. The third kappa shape index (κ3) is 3.99. The zero-order chi connectivity index (χ0) is 12.8. The number of carboxylic acid groups (broad SMARTS) is 1.